The Morgan fingerprint density at radius 1 is 1.45 bits per heavy atom. The van der Waals surface area contributed by atoms with Crippen molar-refractivity contribution in [3.8, 4) is 0 Å². The van der Waals surface area contributed by atoms with Gasteiger partial charge in [-0.15, -0.1) is 0 Å². The number of aryl methyl sites for hydroxylation is 1. The summed E-state index contributed by atoms with van der Waals surface area (Å²) in [6.45, 7) is 1.98. The van der Waals surface area contributed by atoms with Gasteiger partial charge in [-0.1, -0.05) is 11.0 Å². The van der Waals surface area contributed by atoms with Crippen molar-refractivity contribution in [2.75, 3.05) is 0 Å². The van der Waals surface area contributed by atoms with Crippen LogP contribution in [-0.4, -0.2) is 17.2 Å². The van der Waals surface area contributed by atoms with E-state index in [1.807, 2.05) is 29.8 Å². The van der Waals surface area contributed by atoms with E-state index in [1.165, 1.54) is 0 Å². The molecule has 0 fully saturated rings. The fourth-order valence-electron chi connectivity index (χ4n) is 1.10. The van der Waals surface area contributed by atoms with E-state index < -0.39 is 0 Å². The maximum atomic E-state index is 5.78. The molecule has 0 spiro atoms. The van der Waals surface area contributed by atoms with Crippen LogP contribution in [0.2, 0.25) is 0 Å². The highest BCUT2D eigenvalue weighted by atomic mass is 15.0. The van der Waals surface area contributed by atoms with E-state index in [-0.39, 0.29) is 0 Å². The van der Waals surface area contributed by atoms with Crippen LogP contribution < -0.4 is 5.46 Å². The molecule has 0 aliphatic rings. The lowest BCUT2D eigenvalue weighted by Gasteiger charge is -2.00. The zero-order chi connectivity index (χ0) is 7.84. The Labute approximate surface area is 66.3 Å². The van der Waals surface area contributed by atoms with E-state index in [0.717, 1.165) is 16.7 Å². The molecule has 0 N–H and O–H groups in total. The molecule has 2 radical (unpaired) electrons. The monoisotopic (exact) mass is 142 g/mol. The fourth-order valence-corrected chi connectivity index (χ4v) is 1.10. The number of aromatic nitrogens is 2. The molecule has 0 saturated carbocycles. The van der Waals surface area contributed by atoms with Crippen LogP contribution in [0, 0.1) is 6.92 Å². The van der Waals surface area contributed by atoms with Gasteiger partial charge in [0, 0.05) is 18.6 Å². The third kappa shape index (κ3) is 0.844. The van der Waals surface area contributed by atoms with E-state index in [1.54, 1.807) is 6.20 Å². The first kappa shape index (κ1) is 6.46. The van der Waals surface area contributed by atoms with Crippen LogP contribution >= 0.6 is 0 Å². The Bertz CT molecular complexity index is 392. The summed E-state index contributed by atoms with van der Waals surface area (Å²) in [7, 11) is 5.78. The van der Waals surface area contributed by atoms with Crippen LogP contribution in [0.4, 0.5) is 0 Å². The quantitative estimate of drug-likeness (QED) is 0.487. The summed E-state index contributed by atoms with van der Waals surface area (Å²) in [6, 6.07) is 1.98. The van der Waals surface area contributed by atoms with Gasteiger partial charge < -0.3 is 4.40 Å². The van der Waals surface area contributed by atoms with Gasteiger partial charge >= 0.3 is 0 Å². The first-order chi connectivity index (χ1) is 5.29. The maximum Gasteiger partial charge on any atom is 0.129 e. The Morgan fingerprint density at radius 2 is 2.27 bits per heavy atom. The minimum Gasteiger partial charge on any atom is -0.308 e. The summed E-state index contributed by atoms with van der Waals surface area (Å²) in [5, 5.41) is 0. The van der Waals surface area contributed by atoms with Gasteiger partial charge in [-0.3, -0.25) is 0 Å². The topological polar surface area (TPSA) is 17.3 Å². The number of imidazole rings is 1. The van der Waals surface area contributed by atoms with Crippen molar-refractivity contribution in [2.24, 2.45) is 0 Å². The molecule has 52 valence electrons. The minimum absolute atomic E-state index is 0.762. The van der Waals surface area contributed by atoms with Gasteiger partial charge in [0.25, 0.3) is 0 Å². The van der Waals surface area contributed by atoms with Gasteiger partial charge in [-0.05, 0) is 13.0 Å². The number of hydrogen-bond acceptors (Lipinski definition) is 1. The molecular weight excluding hydrogens is 135 g/mol. The molecule has 11 heavy (non-hydrogen) atoms. The molecular formula is C8H7BN2. The molecule has 3 heteroatoms. The Balaban J connectivity index is 2.93. The number of rotatable bonds is 0. The van der Waals surface area contributed by atoms with E-state index >= 15 is 0 Å². The molecule has 0 aliphatic heterocycles. The molecule has 0 saturated heterocycles. The average Bonchev–Trinajstić information content (AvgIpc) is 2.45. The van der Waals surface area contributed by atoms with E-state index in [2.05, 4.69) is 4.98 Å². The molecule has 0 bridgehead atoms. The smallest absolute Gasteiger partial charge is 0.129 e. The normalized spacial score (nSPS) is 10.6. The third-order valence-corrected chi connectivity index (χ3v) is 1.82. The molecule has 2 aromatic heterocycles. The molecule has 2 aromatic rings. The molecule has 0 amide bonds. The van der Waals surface area contributed by atoms with Gasteiger partial charge in [-0.2, -0.15) is 0 Å². The summed E-state index contributed by atoms with van der Waals surface area (Å²) >= 11 is 0. The van der Waals surface area contributed by atoms with Crippen LogP contribution in [0.15, 0.2) is 24.7 Å². The number of hydrogen-bond donors (Lipinski definition) is 0. The van der Waals surface area contributed by atoms with Crippen LogP contribution in [0.1, 0.15) is 5.56 Å². The molecule has 0 atom stereocenters. The first-order valence-corrected chi connectivity index (χ1v) is 3.47. The Morgan fingerprint density at radius 3 is 3.09 bits per heavy atom. The zero-order valence-corrected chi connectivity index (χ0v) is 6.28. The van der Waals surface area contributed by atoms with Crippen LogP contribution in [0.3, 0.4) is 0 Å². The van der Waals surface area contributed by atoms with Crippen molar-refractivity contribution in [1.29, 1.82) is 0 Å². The van der Waals surface area contributed by atoms with Gasteiger partial charge in [0.1, 0.15) is 13.5 Å². The lowest BCUT2D eigenvalue weighted by molar-refractivity contribution is 1.18. The molecule has 0 aromatic carbocycles. The highest BCUT2D eigenvalue weighted by Gasteiger charge is 1.98. The second-order valence-corrected chi connectivity index (χ2v) is 2.57. The van der Waals surface area contributed by atoms with Crippen molar-refractivity contribution in [2.45, 2.75) is 6.92 Å². The zero-order valence-electron chi connectivity index (χ0n) is 6.28. The molecule has 0 aliphatic carbocycles. The SMILES string of the molecule is [B]c1c(C)ccn2ccnc12. The lowest BCUT2D eigenvalue weighted by Crippen LogP contribution is -2.11. The molecule has 2 rings (SSSR count). The highest BCUT2D eigenvalue weighted by Crippen LogP contribution is 1.99. The van der Waals surface area contributed by atoms with Crippen molar-refractivity contribution >= 4 is 19.0 Å². The fraction of sp³-hybridized carbons (Fsp3) is 0.125. The highest BCUT2D eigenvalue weighted by molar-refractivity contribution is 6.37. The molecule has 2 heterocycles. The summed E-state index contributed by atoms with van der Waals surface area (Å²) in [6.07, 6.45) is 5.57. The number of nitrogens with zero attached hydrogens (tertiary/aromatic N) is 2. The van der Waals surface area contributed by atoms with Gasteiger partial charge in [0.2, 0.25) is 0 Å². The summed E-state index contributed by atoms with van der Waals surface area (Å²) < 4.78 is 1.91. The number of pyridine rings is 1. The number of fused-ring (bicyclic) bond motifs is 1. The predicted molar refractivity (Wildman–Crippen MR) is 45.3 cm³/mol. The third-order valence-electron chi connectivity index (χ3n) is 1.82. The van der Waals surface area contributed by atoms with E-state index in [9.17, 15) is 0 Å². The summed E-state index contributed by atoms with van der Waals surface area (Å²) in [4.78, 5) is 4.12. The molecule has 2 nitrogen and oxygen atoms in total. The van der Waals surface area contributed by atoms with E-state index in [0.29, 0.717) is 0 Å². The maximum absolute atomic E-state index is 5.78. The van der Waals surface area contributed by atoms with Gasteiger partial charge in [-0.25, -0.2) is 4.98 Å². The van der Waals surface area contributed by atoms with Crippen molar-refractivity contribution in [3.05, 3.63) is 30.2 Å². The summed E-state index contributed by atoms with van der Waals surface area (Å²) in [5.41, 5.74) is 2.67. The first-order valence-electron chi connectivity index (χ1n) is 3.47. The predicted octanol–water partition coefficient (Wildman–Crippen LogP) is 0.437. The standard InChI is InChI=1S/C8H7BN2/c1-6-2-4-11-5-3-10-8(11)7(6)9/h2-5H,1H3. The van der Waals surface area contributed by atoms with E-state index in [4.69, 9.17) is 7.85 Å². The summed E-state index contributed by atoms with van der Waals surface area (Å²) in [5.74, 6) is 0. The Hall–Kier alpha value is -1.25. The average molecular weight is 142 g/mol. The Kier molecular flexibility index (Phi) is 1.25. The van der Waals surface area contributed by atoms with Crippen molar-refractivity contribution in [3.63, 3.8) is 0 Å². The van der Waals surface area contributed by atoms with Crippen LogP contribution in [-0.2, 0) is 0 Å². The van der Waals surface area contributed by atoms with Gasteiger partial charge in [0.05, 0.1) is 0 Å². The second-order valence-electron chi connectivity index (χ2n) is 2.57. The molecule has 0 unspecified atom stereocenters. The van der Waals surface area contributed by atoms with Crippen molar-refractivity contribution in [1.82, 2.24) is 9.38 Å². The largest absolute Gasteiger partial charge is 0.308 e. The minimum atomic E-state index is 0.762. The van der Waals surface area contributed by atoms with Crippen LogP contribution in [0.5, 0.6) is 0 Å². The van der Waals surface area contributed by atoms with Crippen molar-refractivity contribution < 1.29 is 0 Å². The second kappa shape index (κ2) is 2.12. The van der Waals surface area contributed by atoms with Crippen LogP contribution in [0.25, 0.3) is 5.65 Å². The lowest BCUT2D eigenvalue weighted by atomic mass is 9.93. The van der Waals surface area contributed by atoms with Gasteiger partial charge in [0.15, 0.2) is 0 Å².